The minimum absolute atomic E-state index is 0.0417. The normalized spacial score (nSPS) is 12.7. The highest BCUT2D eigenvalue weighted by molar-refractivity contribution is 5.99. The van der Waals surface area contributed by atoms with Crippen LogP contribution < -0.4 is 26.8 Å². The van der Waals surface area contributed by atoms with E-state index in [2.05, 4.69) is 16.0 Å². The van der Waals surface area contributed by atoms with Gasteiger partial charge in [-0.2, -0.15) is 0 Å². The van der Waals surface area contributed by atoms with Crippen molar-refractivity contribution in [1.29, 1.82) is 0 Å². The van der Waals surface area contributed by atoms with Crippen LogP contribution in [-0.4, -0.2) is 42.0 Å². The first-order valence-corrected chi connectivity index (χ1v) is 11.3. The highest BCUT2D eigenvalue weighted by atomic mass is 16.3. The van der Waals surface area contributed by atoms with Crippen molar-refractivity contribution in [3.05, 3.63) is 80.1 Å². The molecule has 0 aromatic heterocycles. The Kier molecular flexibility index (Phi) is 7.58. The third kappa shape index (κ3) is 5.34. The number of amides is 2. The lowest BCUT2D eigenvalue weighted by Crippen LogP contribution is -2.47. The quantitative estimate of drug-likeness (QED) is 0.275. The zero-order valence-electron chi connectivity index (χ0n) is 20.4. The van der Waals surface area contributed by atoms with E-state index in [9.17, 15) is 24.3 Å². The molecule has 0 spiro atoms. The van der Waals surface area contributed by atoms with Gasteiger partial charge in [0, 0.05) is 14.1 Å². The fourth-order valence-electron chi connectivity index (χ4n) is 3.66. The number of anilines is 3. The second-order valence-electron chi connectivity index (χ2n) is 8.94. The first-order chi connectivity index (χ1) is 16.5. The molecule has 0 fully saturated rings. The summed E-state index contributed by atoms with van der Waals surface area (Å²) in [6.45, 7) is 5.51. The fourth-order valence-corrected chi connectivity index (χ4v) is 3.66. The number of benzene rings is 2. The molecule has 3 aromatic rings. The van der Waals surface area contributed by atoms with Gasteiger partial charge in [0.2, 0.25) is 5.91 Å². The largest absolute Gasteiger partial charge is 0.505 e. The molecule has 0 bridgehead atoms. The van der Waals surface area contributed by atoms with E-state index in [0.717, 1.165) is 5.56 Å². The topological polar surface area (TPSA) is 128 Å². The molecule has 3 aromatic carbocycles. The van der Waals surface area contributed by atoms with Crippen LogP contribution in [0.2, 0.25) is 0 Å². The van der Waals surface area contributed by atoms with Gasteiger partial charge in [0.1, 0.15) is 17.4 Å². The number of para-hydroxylation sites is 1. The molecule has 0 saturated heterocycles. The number of nitrogens with zero attached hydrogens (tertiary/aromatic N) is 1. The molecule has 0 unspecified atom stereocenters. The van der Waals surface area contributed by atoms with Gasteiger partial charge in [-0.15, -0.1) is 0 Å². The van der Waals surface area contributed by atoms with Crippen LogP contribution >= 0.6 is 0 Å². The van der Waals surface area contributed by atoms with E-state index < -0.39 is 22.8 Å². The van der Waals surface area contributed by atoms with E-state index in [1.807, 2.05) is 51.1 Å². The molecule has 9 heteroatoms. The molecule has 3 rings (SSSR count). The lowest BCUT2D eigenvalue weighted by atomic mass is 10.0. The fraction of sp³-hybridized carbons (Fsp3) is 0.308. The molecule has 2 amide bonds. The molecule has 35 heavy (non-hydrogen) atoms. The lowest BCUT2D eigenvalue weighted by Gasteiger charge is -2.26. The summed E-state index contributed by atoms with van der Waals surface area (Å²) < 4.78 is 0. The summed E-state index contributed by atoms with van der Waals surface area (Å²) in [5, 5.41) is 19.2. The van der Waals surface area contributed by atoms with Crippen molar-refractivity contribution >= 4 is 28.9 Å². The average molecular weight is 479 g/mol. The van der Waals surface area contributed by atoms with E-state index in [0.29, 0.717) is 0 Å². The first kappa shape index (κ1) is 25.5. The highest BCUT2D eigenvalue weighted by Gasteiger charge is 2.30. The molecule has 9 nitrogen and oxygen atoms in total. The molecule has 0 saturated carbocycles. The van der Waals surface area contributed by atoms with Crippen molar-refractivity contribution in [2.75, 3.05) is 24.7 Å². The van der Waals surface area contributed by atoms with Crippen molar-refractivity contribution in [2.45, 2.75) is 32.9 Å². The smallest absolute Gasteiger partial charge is 0.257 e. The Morgan fingerprint density at radius 3 is 2.11 bits per heavy atom. The highest BCUT2D eigenvalue weighted by Crippen LogP contribution is 2.32. The van der Waals surface area contributed by atoms with Crippen LogP contribution in [0.25, 0.3) is 0 Å². The third-order valence-corrected chi connectivity index (χ3v) is 5.75. The maximum absolute atomic E-state index is 13.0. The number of carbonyl (C=O) groups excluding carboxylic acids is 2. The molecule has 0 heterocycles. The number of hydrogen-bond donors (Lipinski definition) is 4. The molecule has 0 radical (unpaired) electrons. The molecule has 2 atom stereocenters. The van der Waals surface area contributed by atoms with Gasteiger partial charge in [-0.25, -0.2) is 0 Å². The van der Waals surface area contributed by atoms with E-state index in [4.69, 9.17) is 0 Å². The summed E-state index contributed by atoms with van der Waals surface area (Å²) in [5.41, 5.74) is -0.589. The van der Waals surface area contributed by atoms with Gasteiger partial charge in [0.15, 0.2) is 5.75 Å². The number of carbonyl (C=O) groups is 2. The van der Waals surface area contributed by atoms with Crippen LogP contribution in [0.4, 0.5) is 17.1 Å². The van der Waals surface area contributed by atoms with E-state index >= 15 is 0 Å². The van der Waals surface area contributed by atoms with Gasteiger partial charge in [0.25, 0.3) is 16.8 Å². The van der Waals surface area contributed by atoms with Crippen LogP contribution in [0.1, 0.15) is 42.7 Å². The molecule has 0 aliphatic rings. The van der Waals surface area contributed by atoms with E-state index in [1.165, 1.54) is 17.0 Å². The maximum atomic E-state index is 13.0. The van der Waals surface area contributed by atoms with Gasteiger partial charge in [0.05, 0.1) is 17.3 Å². The Labute approximate surface area is 203 Å². The standard InChI is InChI=1S/C26H30N4O5/c1-14(2)19(25(34)27-15(3)16-10-7-6-8-11-16)29-21-20(23(32)24(21)33)28-18-13-9-12-17(22(18)31)26(35)30(4)5/h6-15,19,28-29,31H,1-5H3,(H,27,34)/t15-,19+/m0/s1. The number of hydrogen-bond acceptors (Lipinski definition) is 7. The molecule has 4 N–H and O–H groups in total. The molecule has 0 aliphatic carbocycles. The molecule has 184 valence electrons. The van der Waals surface area contributed by atoms with Crippen LogP contribution in [0.15, 0.2) is 58.1 Å². The molecular weight excluding hydrogens is 448 g/mol. The van der Waals surface area contributed by atoms with Crippen molar-refractivity contribution in [1.82, 2.24) is 10.2 Å². The SMILES string of the molecule is CC(C)[C@@H](Nc1c(Nc2cccc(C(=O)N(C)C)c2O)c(=O)c1=O)C(=O)N[C@@H](C)c1ccccc1. The number of nitrogens with one attached hydrogen (secondary N) is 3. The predicted octanol–water partition coefficient (Wildman–Crippen LogP) is 2.75. The van der Waals surface area contributed by atoms with Gasteiger partial charge in [-0.1, -0.05) is 50.2 Å². The summed E-state index contributed by atoms with van der Waals surface area (Å²) in [5.74, 6) is -1.29. The Bertz CT molecular complexity index is 1290. The maximum Gasteiger partial charge on any atom is 0.257 e. The summed E-state index contributed by atoms with van der Waals surface area (Å²) in [6.07, 6.45) is 0. The number of phenolic OH excluding ortho intramolecular Hbond substituents is 1. The second kappa shape index (κ2) is 10.4. The zero-order chi connectivity index (χ0) is 25.9. The number of phenols is 1. The van der Waals surface area contributed by atoms with Gasteiger partial charge in [-0.3, -0.25) is 19.2 Å². The van der Waals surface area contributed by atoms with Crippen LogP contribution in [-0.2, 0) is 4.79 Å². The summed E-state index contributed by atoms with van der Waals surface area (Å²) >= 11 is 0. The van der Waals surface area contributed by atoms with Crippen molar-refractivity contribution < 1.29 is 14.7 Å². The molecule has 0 aliphatic heterocycles. The number of rotatable bonds is 9. The van der Waals surface area contributed by atoms with Gasteiger partial charge < -0.3 is 26.0 Å². The van der Waals surface area contributed by atoms with Crippen molar-refractivity contribution in [2.24, 2.45) is 5.92 Å². The number of aromatic hydroxyl groups is 1. The lowest BCUT2D eigenvalue weighted by molar-refractivity contribution is -0.123. The van der Waals surface area contributed by atoms with Crippen LogP contribution in [0.5, 0.6) is 5.75 Å². The molecular formula is C26H30N4O5. The minimum Gasteiger partial charge on any atom is -0.505 e. The Balaban J connectivity index is 1.83. The van der Waals surface area contributed by atoms with Gasteiger partial charge >= 0.3 is 0 Å². The Hall–Kier alpha value is -4.14. The third-order valence-electron chi connectivity index (χ3n) is 5.75. The first-order valence-electron chi connectivity index (χ1n) is 11.3. The Morgan fingerprint density at radius 2 is 1.51 bits per heavy atom. The van der Waals surface area contributed by atoms with Crippen LogP contribution in [0, 0.1) is 5.92 Å². The Morgan fingerprint density at radius 1 is 0.886 bits per heavy atom. The second-order valence-corrected chi connectivity index (χ2v) is 8.94. The minimum atomic E-state index is -0.791. The predicted molar refractivity (Wildman–Crippen MR) is 136 cm³/mol. The zero-order valence-corrected chi connectivity index (χ0v) is 20.4. The summed E-state index contributed by atoms with van der Waals surface area (Å²) in [6, 6.07) is 12.9. The van der Waals surface area contributed by atoms with E-state index in [1.54, 1.807) is 20.2 Å². The van der Waals surface area contributed by atoms with Gasteiger partial charge in [-0.05, 0) is 30.5 Å². The van der Waals surface area contributed by atoms with Crippen molar-refractivity contribution in [3.8, 4) is 5.75 Å². The summed E-state index contributed by atoms with van der Waals surface area (Å²) in [4.78, 5) is 51.4. The average Bonchev–Trinajstić information content (AvgIpc) is 2.83. The van der Waals surface area contributed by atoms with Crippen molar-refractivity contribution in [3.63, 3.8) is 0 Å². The van der Waals surface area contributed by atoms with Crippen LogP contribution in [0.3, 0.4) is 0 Å². The van der Waals surface area contributed by atoms with E-state index in [-0.39, 0.29) is 46.2 Å². The monoisotopic (exact) mass is 478 g/mol. The summed E-state index contributed by atoms with van der Waals surface area (Å²) in [7, 11) is 3.10.